The molecule has 0 aliphatic heterocycles. The van der Waals surface area contributed by atoms with Gasteiger partial charge in [0.25, 0.3) is 5.91 Å². The van der Waals surface area contributed by atoms with Crippen LogP contribution in [0.25, 0.3) is 16.9 Å². The number of alkyl halides is 6. The van der Waals surface area contributed by atoms with Crippen molar-refractivity contribution in [2.45, 2.75) is 18.9 Å². The zero-order chi connectivity index (χ0) is 34.1. The minimum absolute atomic E-state index is 0.325. The maximum Gasteiger partial charge on any atom is 0.490 e. The number of ether oxygens (including phenoxy) is 1. The van der Waals surface area contributed by atoms with E-state index in [1.807, 2.05) is 65.6 Å². The first kappa shape index (κ1) is 34.5. The highest BCUT2D eigenvalue weighted by Gasteiger charge is 2.38. The number of aliphatic carboxylic acids is 2. The van der Waals surface area contributed by atoms with Crippen molar-refractivity contribution in [1.29, 1.82) is 0 Å². The Balaban J connectivity index is 0.000000345. The molecule has 0 aliphatic rings. The maximum atomic E-state index is 13.1. The molecule has 12 nitrogen and oxygen atoms in total. The molecule has 0 atom stereocenters. The van der Waals surface area contributed by atoms with Crippen LogP contribution < -0.4 is 10.1 Å². The fraction of sp³-hybridized carbons (Fsp3) is 0.143. The lowest BCUT2D eigenvalue weighted by molar-refractivity contribution is -0.193. The molecule has 3 N–H and O–H groups in total. The number of pyridine rings is 3. The van der Waals surface area contributed by atoms with Crippen LogP contribution in [0.3, 0.4) is 0 Å². The van der Waals surface area contributed by atoms with Crippen molar-refractivity contribution in [3.8, 4) is 17.3 Å². The van der Waals surface area contributed by atoms with Crippen LogP contribution in [0.15, 0.2) is 85.7 Å². The van der Waals surface area contributed by atoms with Gasteiger partial charge in [-0.1, -0.05) is 12.1 Å². The molecule has 5 aromatic heterocycles. The van der Waals surface area contributed by atoms with E-state index in [9.17, 15) is 31.1 Å². The highest BCUT2D eigenvalue weighted by atomic mass is 19.4. The first-order valence-corrected chi connectivity index (χ1v) is 12.5. The molecule has 46 heavy (non-hydrogen) atoms. The minimum Gasteiger partial charge on any atom is -0.480 e. The summed E-state index contributed by atoms with van der Waals surface area (Å²) in [6, 6.07) is 15.1. The van der Waals surface area contributed by atoms with E-state index in [4.69, 9.17) is 29.5 Å². The van der Waals surface area contributed by atoms with E-state index in [2.05, 4.69) is 19.9 Å². The standard InChI is InChI=1S/C24H20N6O2.2C2HF3O2/c1-32-24-19(7-5-11-26-24)27-23(31)21-20-8-2-3-12-30(20)22(28-21)18-9-13-29(16-18)15-17-6-4-10-25-14-17;2*3-2(4,5)1(6)7/h2-14,16H,15H2,1H3,(H,27,31);2*(H,6,7). The molecule has 242 valence electrons. The molecule has 5 aromatic rings. The highest BCUT2D eigenvalue weighted by molar-refractivity contribution is 6.08. The summed E-state index contributed by atoms with van der Waals surface area (Å²) in [6.07, 6.45) is 0.953. The molecule has 0 saturated heterocycles. The fourth-order valence-electron chi connectivity index (χ4n) is 3.61. The van der Waals surface area contributed by atoms with Crippen molar-refractivity contribution in [1.82, 2.24) is 23.9 Å². The molecule has 0 fully saturated rings. The summed E-state index contributed by atoms with van der Waals surface area (Å²) in [7, 11) is 1.51. The number of fused-ring (bicyclic) bond motifs is 1. The quantitative estimate of drug-likeness (QED) is 0.210. The lowest BCUT2D eigenvalue weighted by Gasteiger charge is -2.07. The predicted octanol–water partition coefficient (Wildman–Crippen LogP) is 5.17. The maximum absolute atomic E-state index is 13.1. The third kappa shape index (κ3) is 9.28. The van der Waals surface area contributed by atoms with Gasteiger partial charge in [0.2, 0.25) is 5.88 Å². The summed E-state index contributed by atoms with van der Waals surface area (Å²) >= 11 is 0. The second-order valence-corrected chi connectivity index (χ2v) is 8.79. The number of amides is 1. The van der Waals surface area contributed by atoms with Gasteiger partial charge in [-0.05, 0) is 42.0 Å². The van der Waals surface area contributed by atoms with Gasteiger partial charge in [-0.2, -0.15) is 26.3 Å². The van der Waals surface area contributed by atoms with E-state index in [0.717, 1.165) is 11.1 Å². The predicted molar refractivity (Wildman–Crippen MR) is 148 cm³/mol. The molecular formula is C28H22F6N6O6. The number of hydrogen-bond acceptors (Lipinski definition) is 7. The van der Waals surface area contributed by atoms with Gasteiger partial charge in [-0.25, -0.2) is 19.6 Å². The first-order valence-electron chi connectivity index (χ1n) is 12.5. The number of nitrogens with one attached hydrogen (secondary N) is 1. The number of methoxy groups -OCH3 is 1. The zero-order valence-electron chi connectivity index (χ0n) is 23.3. The van der Waals surface area contributed by atoms with Gasteiger partial charge in [0.15, 0.2) is 5.69 Å². The van der Waals surface area contributed by atoms with Crippen LogP contribution in [-0.4, -0.2) is 71.4 Å². The van der Waals surface area contributed by atoms with Gasteiger partial charge in [0.05, 0.1) is 12.6 Å². The van der Waals surface area contributed by atoms with Crippen LogP contribution in [-0.2, 0) is 16.1 Å². The summed E-state index contributed by atoms with van der Waals surface area (Å²) in [4.78, 5) is 43.9. The van der Waals surface area contributed by atoms with Crippen LogP contribution in [0.2, 0.25) is 0 Å². The number of carbonyl (C=O) groups excluding carboxylic acids is 1. The summed E-state index contributed by atoms with van der Waals surface area (Å²) in [5.41, 5.74) is 3.54. The smallest absolute Gasteiger partial charge is 0.480 e. The van der Waals surface area contributed by atoms with Gasteiger partial charge >= 0.3 is 24.3 Å². The second kappa shape index (κ2) is 14.7. The molecule has 0 unspecified atom stereocenters. The number of aromatic nitrogens is 5. The van der Waals surface area contributed by atoms with Crippen LogP contribution in [0.4, 0.5) is 32.0 Å². The Bertz CT molecular complexity index is 1780. The molecule has 0 radical (unpaired) electrons. The Morgan fingerprint density at radius 2 is 1.54 bits per heavy atom. The number of nitrogens with zero attached hydrogens (tertiary/aromatic N) is 5. The fourth-order valence-corrected chi connectivity index (χ4v) is 3.61. The van der Waals surface area contributed by atoms with Crippen molar-refractivity contribution in [3.05, 3.63) is 97.0 Å². The molecule has 18 heteroatoms. The van der Waals surface area contributed by atoms with E-state index < -0.39 is 24.3 Å². The third-order valence-electron chi connectivity index (χ3n) is 5.56. The molecule has 0 aromatic carbocycles. The molecule has 5 rings (SSSR count). The van der Waals surface area contributed by atoms with Gasteiger partial charge in [0.1, 0.15) is 11.5 Å². The van der Waals surface area contributed by atoms with Gasteiger partial charge in [-0.3, -0.25) is 14.2 Å². The number of halogens is 6. The Morgan fingerprint density at radius 3 is 2.13 bits per heavy atom. The average Bonchev–Trinajstić information content (AvgIpc) is 3.62. The molecule has 0 spiro atoms. The number of carboxylic acid groups (broad SMARTS) is 2. The number of carbonyl (C=O) groups is 3. The van der Waals surface area contributed by atoms with E-state index >= 15 is 0 Å². The van der Waals surface area contributed by atoms with Crippen molar-refractivity contribution >= 4 is 29.0 Å². The van der Waals surface area contributed by atoms with Crippen molar-refractivity contribution in [2.24, 2.45) is 0 Å². The van der Waals surface area contributed by atoms with Crippen LogP contribution in [0, 0.1) is 0 Å². The Kier molecular flexibility index (Phi) is 11.0. The molecular weight excluding hydrogens is 630 g/mol. The number of imidazole rings is 1. The summed E-state index contributed by atoms with van der Waals surface area (Å²) in [5.74, 6) is -4.81. The lowest BCUT2D eigenvalue weighted by atomic mass is 10.3. The topological polar surface area (TPSA) is 161 Å². The molecule has 0 aliphatic carbocycles. The summed E-state index contributed by atoms with van der Waals surface area (Å²) in [6.45, 7) is 0.700. The van der Waals surface area contributed by atoms with Crippen molar-refractivity contribution in [2.75, 3.05) is 12.4 Å². The van der Waals surface area contributed by atoms with E-state index in [1.165, 1.54) is 7.11 Å². The average molecular weight is 653 g/mol. The van der Waals surface area contributed by atoms with E-state index in [1.54, 1.807) is 24.5 Å². The zero-order valence-corrected chi connectivity index (χ0v) is 23.3. The van der Waals surface area contributed by atoms with Crippen molar-refractivity contribution in [3.63, 3.8) is 0 Å². The molecule has 5 heterocycles. The lowest BCUT2D eigenvalue weighted by Crippen LogP contribution is -2.21. The summed E-state index contributed by atoms with van der Waals surface area (Å²) in [5, 5.41) is 17.1. The van der Waals surface area contributed by atoms with Gasteiger partial charge in [0, 0.05) is 49.3 Å². The number of hydrogen-bond donors (Lipinski definition) is 3. The number of anilines is 1. The van der Waals surface area contributed by atoms with E-state index in [0.29, 0.717) is 35.1 Å². The summed E-state index contributed by atoms with van der Waals surface area (Å²) < 4.78 is 72.7. The van der Waals surface area contributed by atoms with Gasteiger partial charge in [-0.15, -0.1) is 0 Å². The second-order valence-electron chi connectivity index (χ2n) is 8.79. The number of rotatable bonds is 6. The van der Waals surface area contributed by atoms with Crippen LogP contribution in [0.1, 0.15) is 16.1 Å². The normalized spacial score (nSPS) is 11.0. The van der Waals surface area contributed by atoms with Crippen LogP contribution in [0.5, 0.6) is 5.88 Å². The largest absolute Gasteiger partial charge is 0.490 e. The number of carboxylic acids is 2. The third-order valence-corrected chi connectivity index (χ3v) is 5.56. The molecule has 0 bridgehead atoms. The Morgan fingerprint density at radius 1 is 0.891 bits per heavy atom. The molecule has 0 saturated carbocycles. The monoisotopic (exact) mass is 652 g/mol. The highest BCUT2D eigenvalue weighted by Crippen LogP contribution is 2.26. The van der Waals surface area contributed by atoms with E-state index in [-0.39, 0.29) is 5.91 Å². The van der Waals surface area contributed by atoms with Crippen LogP contribution >= 0.6 is 0 Å². The SMILES string of the molecule is COc1ncccc1NC(=O)c1nc(-c2ccn(Cc3cccnc3)c2)n2ccccc12.O=C(O)C(F)(F)F.O=C(O)C(F)(F)F. The van der Waals surface area contributed by atoms with Crippen molar-refractivity contribution < 1.29 is 55.7 Å². The Labute approximate surface area is 254 Å². The van der Waals surface area contributed by atoms with Gasteiger partial charge < -0.3 is 24.8 Å². The first-order chi connectivity index (χ1) is 21.6. The molecule has 1 amide bonds. The minimum atomic E-state index is -5.08. The Hall–Kier alpha value is -5.94.